The van der Waals surface area contributed by atoms with Gasteiger partial charge in [0.2, 0.25) is 0 Å². The first-order valence-corrected chi connectivity index (χ1v) is 6.43. The molecule has 3 heteroatoms. The molecule has 1 aromatic heterocycles. The van der Waals surface area contributed by atoms with E-state index in [1.165, 1.54) is 25.7 Å². The van der Waals surface area contributed by atoms with Crippen LogP contribution in [0.15, 0.2) is 12.3 Å². The van der Waals surface area contributed by atoms with E-state index in [2.05, 4.69) is 30.3 Å². The van der Waals surface area contributed by atoms with Crippen molar-refractivity contribution in [3.63, 3.8) is 0 Å². The Hall–Kier alpha value is -0.990. The number of anilines is 1. The minimum atomic E-state index is 0.629. The number of rotatable bonds is 3. The molecule has 3 nitrogen and oxygen atoms in total. The summed E-state index contributed by atoms with van der Waals surface area (Å²) in [4.78, 5) is 0. The van der Waals surface area contributed by atoms with Crippen LogP contribution >= 0.6 is 0 Å². The van der Waals surface area contributed by atoms with Crippen LogP contribution in [0.2, 0.25) is 0 Å². The molecule has 2 atom stereocenters. The van der Waals surface area contributed by atoms with E-state index in [-0.39, 0.29) is 0 Å². The number of hydrogen-bond donors (Lipinski definition) is 1. The summed E-state index contributed by atoms with van der Waals surface area (Å²) in [6, 6.07) is 2.69. The zero-order valence-electron chi connectivity index (χ0n) is 10.6. The summed E-state index contributed by atoms with van der Waals surface area (Å²) < 4.78 is 1.92. The number of hydrogen-bond acceptors (Lipinski definition) is 2. The van der Waals surface area contributed by atoms with E-state index in [4.69, 9.17) is 0 Å². The van der Waals surface area contributed by atoms with Gasteiger partial charge in [0.1, 0.15) is 5.82 Å². The first kappa shape index (κ1) is 11.5. The summed E-state index contributed by atoms with van der Waals surface area (Å²) in [5.41, 5.74) is 0. The minimum Gasteiger partial charge on any atom is -0.367 e. The lowest BCUT2D eigenvalue weighted by Crippen LogP contribution is -2.35. The zero-order chi connectivity index (χ0) is 11.5. The maximum atomic E-state index is 4.21. The molecular formula is C13H23N3. The van der Waals surface area contributed by atoms with Gasteiger partial charge in [-0.3, -0.25) is 4.68 Å². The van der Waals surface area contributed by atoms with E-state index in [0.29, 0.717) is 6.04 Å². The zero-order valence-corrected chi connectivity index (χ0v) is 10.6. The highest BCUT2D eigenvalue weighted by atomic mass is 15.3. The second-order valence-electron chi connectivity index (χ2n) is 5.28. The summed E-state index contributed by atoms with van der Waals surface area (Å²) in [5, 5.41) is 7.87. The lowest BCUT2D eigenvalue weighted by atomic mass is 9.78. The Morgan fingerprint density at radius 2 is 2.12 bits per heavy atom. The van der Waals surface area contributed by atoms with Gasteiger partial charge in [0, 0.05) is 19.2 Å². The van der Waals surface area contributed by atoms with E-state index in [0.717, 1.165) is 17.7 Å². The van der Waals surface area contributed by atoms with Crippen LogP contribution in [0.1, 0.15) is 39.5 Å². The summed E-state index contributed by atoms with van der Waals surface area (Å²) >= 11 is 0. The van der Waals surface area contributed by atoms with E-state index in [1.807, 2.05) is 17.9 Å². The maximum Gasteiger partial charge on any atom is 0.124 e. The summed E-state index contributed by atoms with van der Waals surface area (Å²) in [6.45, 7) is 4.68. The molecule has 1 aromatic rings. The van der Waals surface area contributed by atoms with Gasteiger partial charge in [0.25, 0.3) is 0 Å². The van der Waals surface area contributed by atoms with Crippen molar-refractivity contribution in [3.05, 3.63) is 12.3 Å². The lowest BCUT2D eigenvalue weighted by molar-refractivity contribution is 0.253. The van der Waals surface area contributed by atoms with Gasteiger partial charge >= 0.3 is 0 Å². The molecule has 0 saturated heterocycles. The molecular weight excluding hydrogens is 198 g/mol. The van der Waals surface area contributed by atoms with Crippen LogP contribution < -0.4 is 5.32 Å². The number of aryl methyl sites for hydroxylation is 1. The van der Waals surface area contributed by atoms with Crippen LogP contribution in [-0.4, -0.2) is 15.8 Å². The van der Waals surface area contributed by atoms with Crippen molar-refractivity contribution >= 4 is 5.82 Å². The minimum absolute atomic E-state index is 0.629. The molecule has 1 aliphatic carbocycles. The van der Waals surface area contributed by atoms with Crippen LogP contribution in [0.3, 0.4) is 0 Å². The molecule has 1 fully saturated rings. The Labute approximate surface area is 98.2 Å². The third kappa shape index (κ3) is 2.39. The Morgan fingerprint density at radius 1 is 1.38 bits per heavy atom. The van der Waals surface area contributed by atoms with Crippen molar-refractivity contribution < 1.29 is 0 Å². The highest BCUT2D eigenvalue weighted by molar-refractivity contribution is 5.35. The highest BCUT2D eigenvalue weighted by Crippen LogP contribution is 2.32. The molecule has 1 saturated carbocycles. The second-order valence-corrected chi connectivity index (χ2v) is 5.28. The van der Waals surface area contributed by atoms with E-state index >= 15 is 0 Å². The molecule has 1 heterocycles. The Morgan fingerprint density at radius 3 is 2.75 bits per heavy atom. The van der Waals surface area contributed by atoms with Gasteiger partial charge in [-0.2, -0.15) is 5.10 Å². The third-order valence-electron chi connectivity index (χ3n) is 3.83. The third-order valence-corrected chi connectivity index (χ3v) is 3.83. The van der Waals surface area contributed by atoms with Crippen molar-refractivity contribution in [1.29, 1.82) is 0 Å². The fourth-order valence-corrected chi connectivity index (χ4v) is 2.84. The number of aromatic nitrogens is 2. The standard InChI is InChI=1S/C13H23N3/c1-10(2)11-6-4-5-7-12(11)15-13-8-9-14-16(13)3/h8-12,15H,4-7H2,1-3H3. The normalized spacial score (nSPS) is 26.0. The SMILES string of the molecule is CC(C)C1CCCCC1Nc1ccnn1C. The molecule has 1 aliphatic rings. The number of nitrogens with zero attached hydrogens (tertiary/aromatic N) is 2. The molecule has 16 heavy (non-hydrogen) atoms. The van der Waals surface area contributed by atoms with Gasteiger partial charge in [0.15, 0.2) is 0 Å². The molecule has 2 rings (SSSR count). The average Bonchev–Trinajstić information content (AvgIpc) is 2.65. The van der Waals surface area contributed by atoms with Crippen molar-refractivity contribution in [1.82, 2.24) is 9.78 Å². The van der Waals surface area contributed by atoms with Crippen LogP contribution in [-0.2, 0) is 7.05 Å². The molecule has 1 N–H and O–H groups in total. The smallest absolute Gasteiger partial charge is 0.124 e. The molecule has 0 spiro atoms. The molecule has 2 unspecified atom stereocenters. The largest absolute Gasteiger partial charge is 0.367 e. The summed E-state index contributed by atoms with van der Waals surface area (Å²) in [5.74, 6) is 2.73. The van der Waals surface area contributed by atoms with Crippen LogP contribution in [0, 0.1) is 11.8 Å². The lowest BCUT2D eigenvalue weighted by Gasteiger charge is -2.35. The van der Waals surface area contributed by atoms with Crippen molar-refractivity contribution in [3.8, 4) is 0 Å². The predicted octanol–water partition coefficient (Wildman–Crippen LogP) is 3.05. The Balaban J connectivity index is 2.04. The van der Waals surface area contributed by atoms with Gasteiger partial charge in [-0.05, 0) is 24.7 Å². The second kappa shape index (κ2) is 4.89. The summed E-state index contributed by atoms with van der Waals surface area (Å²) in [7, 11) is 2.00. The van der Waals surface area contributed by atoms with Gasteiger partial charge < -0.3 is 5.32 Å². The fourth-order valence-electron chi connectivity index (χ4n) is 2.84. The van der Waals surface area contributed by atoms with Crippen LogP contribution in [0.5, 0.6) is 0 Å². The van der Waals surface area contributed by atoms with Crippen LogP contribution in [0.25, 0.3) is 0 Å². The van der Waals surface area contributed by atoms with E-state index < -0.39 is 0 Å². The van der Waals surface area contributed by atoms with Crippen molar-refractivity contribution in [2.75, 3.05) is 5.32 Å². The molecule has 0 amide bonds. The quantitative estimate of drug-likeness (QED) is 0.850. The monoisotopic (exact) mass is 221 g/mol. The first-order valence-electron chi connectivity index (χ1n) is 6.43. The molecule has 0 aliphatic heterocycles. The van der Waals surface area contributed by atoms with Gasteiger partial charge in [0.05, 0.1) is 6.20 Å². The van der Waals surface area contributed by atoms with E-state index in [1.54, 1.807) is 0 Å². The Kier molecular flexibility index (Phi) is 3.52. The van der Waals surface area contributed by atoms with Crippen molar-refractivity contribution in [2.24, 2.45) is 18.9 Å². The predicted molar refractivity (Wildman–Crippen MR) is 67.4 cm³/mol. The average molecular weight is 221 g/mol. The van der Waals surface area contributed by atoms with Crippen molar-refractivity contribution in [2.45, 2.75) is 45.6 Å². The van der Waals surface area contributed by atoms with Gasteiger partial charge in [-0.1, -0.05) is 26.7 Å². The molecule has 0 radical (unpaired) electrons. The first-order chi connectivity index (χ1) is 7.68. The van der Waals surface area contributed by atoms with Crippen LogP contribution in [0.4, 0.5) is 5.82 Å². The molecule has 0 bridgehead atoms. The molecule has 0 aromatic carbocycles. The fraction of sp³-hybridized carbons (Fsp3) is 0.769. The van der Waals surface area contributed by atoms with Gasteiger partial charge in [-0.15, -0.1) is 0 Å². The maximum absolute atomic E-state index is 4.21. The highest BCUT2D eigenvalue weighted by Gasteiger charge is 2.27. The van der Waals surface area contributed by atoms with E-state index in [9.17, 15) is 0 Å². The summed E-state index contributed by atoms with van der Waals surface area (Å²) in [6.07, 6.45) is 7.28. The Bertz CT molecular complexity index is 330. The van der Waals surface area contributed by atoms with Gasteiger partial charge in [-0.25, -0.2) is 0 Å². The topological polar surface area (TPSA) is 29.9 Å². The molecule has 90 valence electrons. The number of nitrogens with one attached hydrogen (secondary N) is 1.